The van der Waals surface area contributed by atoms with Crippen LogP contribution in [0, 0.1) is 4.84 Å². The van der Waals surface area contributed by atoms with Gasteiger partial charge in [-0.25, -0.2) is 5.10 Å². The Kier molecular flexibility index (Phi) is 5.35. The molecule has 0 unspecified atom stereocenters. The molecule has 1 aromatic heterocycles. The van der Waals surface area contributed by atoms with Crippen LogP contribution in [0.3, 0.4) is 0 Å². The standard InChI is InChI=1S/C17H16N4OS2/c23-16(18-11-10-12-4-2-1-3-5-12)19-14-8-6-13(7-9-14)15-20-21-17(24)22-15/h1-9H,10-11H2,(H,21,24)(H2,18,19,23). The van der Waals surface area contributed by atoms with Crippen LogP contribution < -0.4 is 10.6 Å². The van der Waals surface area contributed by atoms with Crippen LogP contribution in [-0.2, 0) is 6.42 Å². The van der Waals surface area contributed by atoms with Gasteiger partial charge < -0.3 is 15.1 Å². The Morgan fingerprint density at radius 2 is 1.83 bits per heavy atom. The molecule has 0 bridgehead atoms. The van der Waals surface area contributed by atoms with Crippen LogP contribution in [0.2, 0.25) is 0 Å². The minimum atomic E-state index is 0.260. The number of H-pyrrole nitrogens is 1. The zero-order valence-corrected chi connectivity index (χ0v) is 14.4. The molecule has 0 saturated carbocycles. The van der Waals surface area contributed by atoms with Crippen molar-refractivity contribution >= 4 is 35.2 Å². The van der Waals surface area contributed by atoms with Gasteiger partial charge in [0.2, 0.25) is 5.89 Å². The number of aromatic amines is 1. The van der Waals surface area contributed by atoms with E-state index in [2.05, 4.69) is 33.0 Å². The number of benzene rings is 2. The van der Waals surface area contributed by atoms with Crippen LogP contribution in [-0.4, -0.2) is 21.9 Å². The van der Waals surface area contributed by atoms with Gasteiger partial charge in [-0.2, -0.15) is 0 Å². The second kappa shape index (κ2) is 7.85. The average molecular weight is 356 g/mol. The lowest BCUT2D eigenvalue weighted by atomic mass is 10.1. The van der Waals surface area contributed by atoms with E-state index in [1.165, 1.54) is 5.56 Å². The van der Waals surface area contributed by atoms with Crippen molar-refractivity contribution in [3.05, 3.63) is 65.0 Å². The second-order valence-corrected chi connectivity index (χ2v) is 5.89. The number of nitrogens with one attached hydrogen (secondary N) is 3. The molecule has 3 aromatic rings. The smallest absolute Gasteiger partial charge is 0.284 e. The molecule has 3 rings (SSSR count). The van der Waals surface area contributed by atoms with E-state index < -0.39 is 0 Å². The molecule has 2 aromatic carbocycles. The molecule has 7 heteroatoms. The highest BCUT2D eigenvalue weighted by atomic mass is 32.1. The topological polar surface area (TPSA) is 65.9 Å². The normalized spacial score (nSPS) is 10.3. The zero-order valence-electron chi connectivity index (χ0n) is 12.8. The summed E-state index contributed by atoms with van der Waals surface area (Å²) in [5.41, 5.74) is 3.02. The van der Waals surface area contributed by atoms with Gasteiger partial charge in [-0.1, -0.05) is 30.3 Å². The first kappa shape index (κ1) is 16.4. The summed E-state index contributed by atoms with van der Waals surface area (Å²) in [6.07, 6.45) is 0.922. The van der Waals surface area contributed by atoms with Crippen molar-refractivity contribution in [3.63, 3.8) is 0 Å². The highest BCUT2D eigenvalue weighted by Crippen LogP contribution is 2.19. The summed E-state index contributed by atoms with van der Waals surface area (Å²) in [4.78, 5) is 0.260. The third-order valence-corrected chi connectivity index (χ3v) is 3.79. The highest BCUT2D eigenvalue weighted by molar-refractivity contribution is 7.80. The molecule has 0 spiro atoms. The molecule has 0 amide bonds. The highest BCUT2D eigenvalue weighted by Gasteiger charge is 2.04. The number of anilines is 1. The number of aromatic nitrogens is 2. The third-order valence-electron chi connectivity index (χ3n) is 3.37. The summed E-state index contributed by atoms with van der Waals surface area (Å²) in [5, 5.41) is 13.5. The van der Waals surface area contributed by atoms with E-state index in [-0.39, 0.29) is 4.84 Å². The van der Waals surface area contributed by atoms with Crippen molar-refractivity contribution in [2.24, 2.45) is 0 Å². The molecule has 0 radical (unpaired) electrons. The third kappa shape index (κ3) is 4.50. The lowest BCUT2D eigenvalue weighted by molar-refractivity contribution is 0.552. The van der Waals surface area contributed by atoms with Crippen molar-refractivity contribution < 1.29 is 4.42 Å². The molecule has 5 nitrogen and oxygen atoms in total. The summed E-state index contributed by atoms with van der Waals surface area (Å²) in [7, 11) is 0. The Morgan fingerprint density at radius 1 is 1.08 bits per heavy atom. The monoisotopic (exact) mass is 356 g/mol. The van der Waals surface area contributed by atoms with Gasteiger partial charge in [0.1, 0.15) is 0 Å². The van der Waals surface area contributed by atoms with Gasteiger partial charge in [0, 0.05) is 17.8 Å². The summed E-state index contributed by atoms with van der Waals surface area (Å²) >= 11 is 10.2. The second-order valence-electron chi connectivity index (χ2n) is 5.11. The van der Waals surface area contributed by atoms with Crippen LogP contribution in [0.25, 0.3) is 11.5 Å². The van der Waals surface area contributed by atoms with Gasteiger partial charge in [-0.05, 0) is 60.7 Å². The van der Waals surface area contributed by atoms with E-state index in [0.717, 1.165) is 24.2 Å². The lowest BCUT2D eigenvalue weighted by Crippen LogP contribution is -2.30. The van der Waals surface area contributed by atoms with Crippen LogP contribution in [0.4, 0.5) is 5.69 Å². The quantitative estimate of drug-likeness (QED) is 0.602. The van der Waals surface area contributed by atoms with Crippen LogP contribution in [0.15, 0.2) is 59.0 Å². The van der Waals surface area contributed by atoms with Crippen molar-refractivity contribution in [1.82, 2.24) is 15.5 Å². The maximum Gasteiger partial charge on any atom is 0.284 e. The van der Waals surface area contributed by atoms with Gasteiger partial charge in [0.25, 0.3) is 4.84 Å². The van der Waals surface area contributed by atoms with Crippen LogP contribution in [0.5, 0.6) is 0 Å². The van der Waals surface area contributed by atoms with Gasteiger partial charge in [-0.3, -0.25) is 0 Å². The molecule has 0 saturated heterocycles. The lowest BCUT2D eigenvalue weighted by Gasteiger charge is -2.10. The number of hydrogen-bond donors (Lipinski definition) is 3. The van der Waals surface area contributed by atoms with Gasteiger partial charge in [0.05, 0.1) is 0 Å². The van der Waals surface area contributed by atoms with E-state index in [9.17, 15) is 0 Å². The number of nitrogens with zero attached hydrogens (tertiary/aromatic N) is 1. The van der Waals surface area contributed by atoms with Gasteiger partial charge in [-0.15, -0.1) is 5.10 Å². The van der Waals surface area contributed by atoms with Gasteiger partial charge >= 0.3 is 0 Å². The minimum Gasteiger partial charge on any atom is -0.409 e. The fourth-order valence-electron chi connectivity index (χ4n) is 2.19. The Balaban J connectivity index is 1.50. The van der Waals surface area contributed by atoms with E-state index in [4.69, 9.17) is 28.9 Å². The predicted molar refractivity (Wildman–Crippen MR) is 101 cm³/mol. The first-order valence-corrected chi connectivity index (χ1v) is 8.27. The molecule has 1 heterocycles. The Morgan fingerprint density at radius 3 is 2.50 bits per heavy atom. The van der Waals surface area contributed by atoms with Crippen LogP contribution >= 0.6 is 24.4 Å². The fourth-order valence-corrected chi connectivity index (χ4v) is 2.53. The number of thiocarbonyl (C=S) groups is 1. The molecule has 0 aliphatic rings. The maximum absolute atomic E-state index is 5.31. The molecule has 0 atom stereocenters. The predicted octanol–water partition coefficient (Wildman–Crippen LogP) is 3.93. The first-order chi connectivity index (χ1) is 11.7. The number of rotatable bonds is 5. The molecule has 0 aliphatic carbocycles. The van der Waals surface area contributed by atoms with E-state index in [0.29, 0.717) is 11.0 Å². The molecule has 0 aliphatic heterocycles. The zero-order chi connectivity index (χ0) is 16.8. The van der Waals surface area contributed by atoms with Gasteiger partial charge in [0.15, 0.2) is 5.11 Å². The van der Waals surface area contributed by atoms with Crippen molar-refractivity contribution in [1.29, 1.82) is 0 Å². The summed E-state index contributed by atoms with van der Waals surface area (Å²) < 4.78 is 5.28. The van der Waals surface area contributed by atoms with Crippen molar-refractivity contribution in [2.45, 2.75) is 6.42 Å². The minimum absolute atomic E-state index is 0.260. The Labute approximate surface area is 150 Å². The van der Waals surface area contributed by atoms with E-state index in [1.54, 1.807) is 0 Å². The summed E-state index contributed by atoms with van der Waals surface area (Å²) in [5.74, 6) is 0.468. The Hall–Kier alpha value is -2.51. The molecule has 24 heavy (non-hydrogen) atoms. The first-order valence-electron chi connectivity index (χ1n) is 7.45. The molecule has 122 valence electrons. The summed E-state index contributed by atoms with van der Waals surface area (Å²) in [6.45, 7) is 0.779. The van der Waals surface area contributed by atoms with Crippen molar-refractivity contribution in [3.8, 4) is 11.5 Å². The molecular weight excluding hydrogens is 340 g/mol. The fraction of sp³-hybridized carbons (Fsp3) is 0.118. The Bertz CT molecular complexity index is 856. The molecular formula is C17H16N4OS2. The molecule has 3 N–H and O–H groups in total. The SMILES string of the molecule is S=C(NCCc1ccccc1)Nc1ccc(-c2n[nH]c(=S)o2)cc1. The maximum atomic E-state index is 5.31. The average Bonchev–Trinajstić information content (AvgIpc) is 3.03. The largest absolute Gasteiger partial charge is 0.409 e. The van der Waals surface area contributed by atoms with E-state index >= 15 is 0 Å². The summed E-state index contributed by atoms with van der Waals surface area (Å²) in [6, 6.07) is 17.9. The van der Waals surface area contributed by atoms with Crippen molar-refractivity contribution in [2.75, 3.05) is 11.9 Å². The van der Waals surface area contributed by atoms with E-state index in [1.807, 2.05) is 42.5 Å². The molecule has 0 fully saturated rings. The number of hydrogen-bond acceptors (Lipinski definition) is 4. The van der Waals surface area contributed by atoms with Crippen LogP contribution in [0.1, 0.15) is 5.56 Å².